The third kappa shape index (κ3) is 4.63. The van der Waals surface area contributed by atoms with Crippen molar-refractivity contribution in [2.75, 3.05) is 0 Å². The highest BCUT2D eigenvalue weighted by Crippen LogP contribution is 2.41. The van der Waals surface area contributed by atoms with Gasteiger partial charge in [0.2, 0.25) is 0 Å². The Morgan fingerprint density at radius 1 is 0.404 bits per heavy atom. The maximum atomic E-state index is 6.56. The number of nitrogens with zero attached hydrogens (tertiary/aromatic N) is 2. The van der Waals surface area contributed by atoms with E-state index in [1.807, 2.05) is 30.3 Å². The van der Waals surface area contributed by atoms with Crippen LogP contribution in [0, 0.1) is 0 Å². The summed E-state index contributed by atoms with van der Waals surface area (Å²) >= 11 is 0. The van der Waals surface area contributed by atoms with Crippen molar-refractivity contribution < 1.29 is 8.83 Å². The van der Waals surface area contributed by atoms with E-state index in [4.69, 9.17) is 18.8 Å². The van der Waals surface area contributed by atoms with Gasteiger partial charge >= 0.3 is 0 Å². The Morgan fingerprint density at radius 2 is 0.942 bits per heavy atom. The van der Waals surface area contributed by atoms with Crippen LogP contribution in [0.5, 0.6) is 0 Å². The molecule has 1 N–H and O–H groups in total. The second-order valence-corrected chi connectivity index (χ2v) is 13.4. The highest BCUT2D eigenvalue weighted by atomic mass is 16.3. The average Bonchev–Trinajstić information content (AvgIpc) is 3.78. The first kappa shape index (κ1) is 28.8. The number of nitrogens with one attached hydrogen (secondary N) is 1. The molecule has 0 amide bonds. The molecule has 5 heteroatoms. The van der Waals surface area contributed by atoms with Crippen LogP contribution in [0.2, 0.25) is 0 Å². The molecule has 8 aromatic carbocycles. The molecule has 0 saturated heterocycles. The SMILES string of the molecule is c1ccc2cc(C3=NC(c4cc(-c5ccc6ccccc6c5)c5c(c4)oc4ccccc45)N=C(c4ccc5c(c4)oc4ccccc45)N3)ccc2c1. The Balaban J connectivity index is 1.12. The van der Waals surface area contributed by atoms with E-state index >= 15 is 0 Å². The standard InChI is InChI=1S/C47H29N3O2/c1-3-11-30-23-32(19-17-28(30)9-1)39-25-35(27-43-44(39)38-14-6-8-16-41(38)52-43)47-49-45(33-20-18-29-10-2-4-12-31(29)24-33)48-46(50-47)34-21-22-37-36-13-5-7-15-40(36)51-42(37)26-34/h1-27,47H,(H,48,49,50). The Hall–Kier alpha value is -6.98. The summed E-state index contributed by atoms with van der Waals surface area (Å²) in [5.74, 6) is 1.48. The number of furan rings is 2. The molecule has 1 unspecified atom stereocenters. The molecule has 1 aliphatic heterocycles. The normalized spacial score (nSPS) is 14.7. The number of benzene rings is 8. The summed E-state index contributed by atoms with van der Waals surface area (Å²) in [4.78, 5) is 10.6. The molecule has 3 heterocycles. The van der Waals surface area contributed by atoms with Gasteiger partial charge in [-0.15, -0.1) is 0 Å². The lowest BCUT2D eigenvalue weighted by molar-refractivity contribution is 0.665. The molecule has 2 aromatic heterocycles. The zero-order valence-corrected chi connectivity index (χ0v) is 27.9. The van der Waals surface area contributed by atoms with Crippen LogP contribution in [0.15, 0.2) is 183 Å². The number of hydrogen-bond donors (Lipinski definition) is 1. The number of fused-ring (bicyclic) bond motifs is 8. The van der Waals surface area contributed by atoms with Crippen LogP contribution >= 0.6 is 0 Å². The van der Waals surface area contributed by atoms with Crippen LogP contribution < -0.4 is 5.32 Å². The third-order valence-corrected chi connectivity index (χ3v) is 10.3. The van der Waals surface area contributed by atoms with Crippen LogP contribution in [0.1, 0.15) is 22.9 Å². The van der Waals surface area contributed by atoms with E-state index in [0.29, 0.717) is 0 Å². The number of amidine groups is 2. The van der Waals surface area contributed by atoms with Gasteiger partial charge in [0.05, 0.1) is 0 Å². The van der Waals surface area contributed by atoms with Crippen LogP contribution in [0.25, 0.3) is 76.5 Å². The summed E-state index contributed by atoms with van der Waals surface area (Å²) in [6.45, 7) is 0. The van der Waals surface area contributed by atoms with Gasteiger partial charge < -0.3 is 14.2 Å². The summed E-state index contributed by atoms with van der Waals surface area (Å²) in [5.41, 5.74) is 8.39. The molecule has 244 valence electrons. The lowest BCUT2D eigenvalue weighted by atomic mass is 9.94. The molecule has 0 aliphatic carbocycles. The minimum Gasteiger partial charge on any atom is -0.456 e. The van der Waals surface area contributed by atoms with Gasteiger partial charge in [-0.3, -0.25) is 0 Å². The molecule has 0 saturated carbocycles. The van der Waals surface area contributed by atoms with Crippen LogP contribution in [-0.4, -0.2) is 11.7 Å². The van der Waals surface area contributed by atoms with Crippen molar-refractivity contribution in [2.24, 2.45) is 9.98 Å². The fraction of sp³-hybridized carbons (Fsp3) is 0.0213. The lowest BCUT2D eigenvalue weighted by Gasteiger charge is -2.23. The van der Waals surface area contributed by atoms with Gasteiger partial charge in [0.1, 0.15) is 34.0 Å². The van der Waals surface area contributed by atoms with Crippen molar-refractivity contribution in [3.63, 3.8) is 0 Å². The summed E-state index contributed by atoms with van der Waals surface area (Å²) in [6, 6.07) is 57.0. The fourth-order valence-electron chi connectivity index (χ4n) is 7.71. The molecular weight excluding hydrogens is 639 g/mol. The summed E-state index contributed by atoms with van der Waals surface area (Å²) < 4.78 is 12.9. The van der Waals surface area contributed by atoms with Crippen molar-refractivity contribution in [3.8, 4) is 11.1 Å². The fourth-order valence-corrected chi connectivity index (χ4v) is 7.71. The van der Waals surface area contributed by atoms with Crippen molar-refractivity contribution >= 4 is 77.1 Å². The molecule has 10 aromatic rings. The predicted molar refractivity (Wildman–Crippen MR) is 213 cm³/mol. The molecule has 1 atom stereocenters. The number of para-hydroxylation sites is 2. The molecule has 5 nitrogen and oxygen atoms in total. The molecule has 0 radical (unpaired) electrons. The van der Waals surface area contributed by atoms with E-state index in [2.05, 4.69) is 139 Å². The molecular formula is C47H29N3O2. The quantitative estimate of drug-likeness (QED) is 0.203. The van der Waals surface area contributed by atoms with Gasteiger partial charge in [-0.1, -0.05) is 115 Å². The number of aliphatic imine (C=N–C) groups is 2. The Labute approximate surface area is 298 Å². The van der Waals surface area contributed by atoms with Gasteiger partial charge in [0, 0.05) is 38.2 Å². The van der Waals surface area contributed by atoms with Crippen LogP contribution in [0.4, 0.5) is 0 Å². The Bertz CT molecular complexity index is 3130. The topological polar surface area (TPSA) is 63.0 Å². The van der Waals surface area contributed by atoms with Crippen LogP contribution in [0.3, 0.4) is 0 Å². The number of rotatable bonds is 4. The first-order valence-electron chi connectivity index (χ1n) is 17.5. The van der Waals surface area contributed by atoms with E-state index in [9.17, 15) is 0 Å². The van der Waals surface area contributed by atoms with Gasteiger partial charge in [0.15, 0.2) is 6.17 Å². The van der Waals surface area contributed by atoms with E-state index in [1.165, 1.54) is 16.2 Å². The number of hydrogen-bond acceptors (Lipinski definition) is 5. The van der Waals surface area contributed by atoms with E-state index < -0.39 is 6.17 Å². The largest absolute Gasteiger partial charge is 0.456 e. The monoisotopic (exact) mass is 667 g/mol. The first-order chi connectivity index (χ1) is 25.7. The van der Waals surface area contributed by atoms with Crippen molar-refractivity contribution in [3.05, 3.63) is 180 Å². The van der Waals surface area contributed by atoms with E-state index in [-0.39, 0.29) is 0 Å². The minimum absolute atomic E-state index is 0.541. The smallest absolute Gasteiger partial charge is 0.169 e. The average molecular weight is 668 g/mol. The van der Waals surface area contributed by atoms with E-state index in [0.717, 1.165) is 88.8 Å². The first-order valence-corrected chi connectivity index (χ1v) is 17.5. The summed E-state index contributed by atoms with van der Waals surface area (Å²) in [6.07, 6.45) is -0.541. The van der Waals surface area contributed by atoms with Crippen molar-refractivity contribution in [1.82, 2.24) is 5.32 Å². The van der Waals surface area contributed by atoms with Gasteiger partial charge in [0.25, 0.3) is 0 Å². The molecule has 1 aliphatic rings. The molecule has 11 rings (SSSR count). The van der Waals surface area contributed by atoms with Crippen LogP contribution in [-0.2, 0) is 0 Å². The Kier molecular flexibility index (Phi) is 6.25. The highest BCUT2D eigenvalue weighted by Gasteiger charge is 2.24. The van der Waals surface area contributed by atoms with Crippen molar-refractivity contribution in [1.29, 1.82) is 0 Å². The molecule has 52 heavy (non-hydrogen) atoms. The van der Waals surface area contributed by atoms with Gasteiger partial charge in [-0.05, 0) is 81.2 Å². The highest BCUT2D eigenvalue weighted by molar-refractivity contribution is 6.18. The molecule has 0 bridgehead atoms. The minimum atomic E-state index is -0.541. The molecule has 0 fully saturated rings. The second kappa shape index (κ2) is 11.3. The lowest BCUT2D eigenvalue weighted by Crippen LogP contribution is -2.36. The maximum Gasteiger partial charge on any atom is 0.169 e. The Morgan fingerprint density at radius 3 is 1.69 bits per heavy atom. The van der Waals surface area contributed by atoms with Crippen molar-refractivity contribution in [2.45, 2.75) is 6.17 Å². The summed E-state index contributed by atoms with van der Waals surface area (Å²) in [7, 11) is 0. The summed E-state index contributed by atoms with van der Waals surface area (Å²) in [5, 5.41) is 12.7. The van der Waals surface area contributed by atoms with Gasteiger partial charge in [-0.25, -0.2) is 9.98 Å². The van der Waals surface area contributed by atoms with Gasteiger partial charge in [-0.2, -0.15) is 0 Å². The second-order valence-electron chi connectivity index (χ2n) is 13.4. The third-order valence-electron chi connectivity index (χ3n) is 10.3. The molecule has 0 spiro atoms. The zero-order chi connectivity index (χ0) is 34.2. The van der Waals surface area contributed by atoms with E-state index in [1.54, 1.807) is 0 Å². The maximum absolute atomic E-state index is 6.56. The zero-order valence-electron chi connectivity index (χ0n) is 27.9. The predicted octanol–water partition coefficient (Wildman–Crippen LogP) is 12.0.